The van der Waals surface area contributed by atoms with Gasteiger partial charge in [0.2, 0.25) is 0 Å². The fourth-order valence-electron chi connectivity index (χ4n) is 6.52. The summed E-state index contributed by atoms with van der Waals surface area (Å²) in [6.07, 6.45) is 5.24. The van der Waals surface area contributed by atoms with Crippen LogP contribution in [-0.2, 0) is 30.8 Å². The molecule has 2 aromatic heterocycles. The Kier molecular flexibility index (Phi) is 11.2. The Bertz CT molecular complexity index is 2460. The van der Waals surface area contributed by atoms with Crippen LogP contribution in [0.15, 0.2) is 107 Å². The number of esters is 1. The summed E-state index contributed by atoms with van der Waals surface area (Å²) in [5, 5.41) is 5.07. The zero-order valence-corrected chi connectivity index (χ0v) is 32.5. The van der Waals surface area contributed by atoms with E-state index in [-0.39, 0.29) is 51.5 Å². The van der Waals surface area contributed by atoms with E-state index in [1.54, 1.807) is 29.1 Å². The molecule has 2 heterocycles. The highest BCUT2D eigenvalue weighted by atomic mass is 79.9. The molecule has 280 valence electrons. The zero-order chi connectivity index (χ0) is 38.8. The highest BCUT2D eigenvalue weighted by Gasteiger charge is 2.29. The van der Waals surface area contributed by atoms with Crippen molar-refractivity contribution in [1.29, 1.82) is 0 Å². The van der Waals surface area contributed by atoms with Crippen LogP contribution < -0.4 is 4.74 Å². The van der Waals surface area contributed by atoms with Gasteiger partial charge in [0.25, 0.3) is 10.0 Å². The predicted molar refractivity (Wildman–Crippen MR) is 205 cm³/mol. The number of rotatable bonds is 14. The first-order valence-electron chi connectivity index (χ1n) is 17.2. The maximum absolute atomic E-state index is 15.9. The van der Waals surface area contributed by atoms with Crippen molar-refractivity contribution >= 4 is 49.1 Å². The molecule has 0 aliphatic rings. The molecule has 0 amide bonds. The van der Waals surface area contributed by atoms with Crippen LogP contribution >= 0.6 is 15.9 Å². The molecule has 0 saturated carbocycles. The second-order valence-electron chi connectivity index (χ2n) is 13.7. The van der Waals surface area contributed by atoms with E-state index in [0.717, 1.165) is 25.6 Å². The van der Waals surface area contributed by atoms with Crippen molar-refractivity contribution in [3.05, 3.63) is 130 Å². The van der Waals surface area contributed by atoms with Crippen LogP contribution in [0.4, 0.5) is 8.78 Å². The standard InChI is InChI=1S/C41H38BrF2N3O6S/c1-26-10-13-30(14-11-26)54(50,51)47-21-16-31-32(18-22-48)39(35(44)25-38(31)47)53-29-12-15-34(43)33(24-29)36-17-20-46(45-36)37(27-7-5-8-28(42)23-27)9-6-19-41(2,3)40(49)52-4/h5,7-8,10-17,20-25,37H,6,9,18-19H2,1-4H3. The number of hydrogen-bond donors (Lipinski definition) is 0. The van der Waals surface area contributed by atoms with Gasteiger partial charge in [-0.25, -0.2) is 21.2 Å². The van der Waals surface area contributed by atoms with Gasteiger partial charge in [-0.2, -0.15) is 5.10 Å². The summed E-state index contributed by atoms with van der Waals surface area (Å²) < 4.78 is 73.1. The first-order chi connectivity index (χ1) is 25.7. The Morgan fingerprint density at radius 1 is 0.981 bits per heavy atom. The lowest BCUT2D eigenvalue weighted by Crippen LogP contribution is -2.25. The third-order valence-corrected chi connectivity index (χ3v) is 11.6. The minimum atomic E-state index is -4.09. The SMILES string of the molecule is COC(=O)C(C)(C)CCCC(c1cccc(Br)c1)n1ccc(-c2cc(Oc3c(F)cc4c(ccn4S(=O)(=O)c4ccc(C)cc4)c3CC=O)ccc2F)n1. The Balaban J connectivity index is 1.32. The summed E-state index contributed by atoms with van der Waals surface area (Å²) in [7, 11) is -2.72. The minimum Gasteiger partial charge on any atom is -0.469 e. The van der Waals surface area contributed by atoms with Crippen LogP contribution in [0.2, 0.25) is 0 Å². The molecule has 0 saturated heterocycles. The average molecular weight is 819 g/mol. The number of hydrogen-bond acceptors (Lipinski definition) is 7. The summed E-state index contributed by atoms with van der Waals surface area (Å²) >= 11 is 3.54. The fourth-order valence-corrected chi connectivity index (χ4v) is 8.28. The van der Waals surface area contributed by atoms with Gasteiger partial charge in [-0.15, -0.1) is 0 Å². The van der Waals surface area contributed by atoms with Gasteiger partial charge in [0.05, 0.1) is 34.7 Å². The van der Waals surface area contributed by atoms with E-state index < -0.39 is 27.1 Å². The third-order valence-electron chi connectivity index (χ3n) is 9.45. The summed E-state index contributed by atoms with van der Waals surface area (Å²) in [6.45, 7) is 5.52. The lowest BCUT2D eigenvalue weighted by atomic mass is 9.86. The second-order valence-corrected chi connectivity index (χ2v) is 16.4. The average Bonchev–Trinajstić information content (AvgIpc) is 3.80. The van der Waals surface area contributed by atoms with Gasteiger partial charge in [-0.3, -0.25) is 9.48 Å². The Hall–Kier alpha value is -5.14. The van der Waals surface area contributed by atoms with E-state index in [1.165, 1.54) is 49.7 Å². The minimum absolute atomic E-state index is 0.0232. The van der Waals surface area contributed by atoms with Gasteiger partial charge in [0.1, 0.15) is 17.9 Å². The maximum atomic E-state index is 15.9. The number of carbonyl (C=O) groups excluding carboxylic acids is 2. The topological polar surface area (TPSA) is 109 Å². The van der Waals surface area contributed by atoms with Gasteiger partial charge in [0, 0.05) is 45.9 Å². The van der Waals surface area contributed by atoms with Crippen molar-refractivity contribution in [1.82, 2.24) is 13.8 Å². The Morgan fingerprint density at radius 2 is 1.74 bits per heavy atom. The van der Waals surface area contributed by atoms with E-state index in [4.69, 9.17) is 14.6 Å². The Morgan fingerprint density at radius 3 is 2.44 bits per heavy atom. The van der Waals surface area contributed by atoms with E-state index >= 15 is 8.78 Å². The molecule has 1 unspecified atom stereocenters. The number of nitrogens with zero attached hydrogens (tertiary/aromatic N) is 3. The zero-order valence-electron chi connectivity index (χ0n) is 30.1. The molecule has 0 aliphatic heterocycles. The predicted octanol–water partition coefficient (Wildman–Crippen LogP) is 9.58. The van der Waals surface area contributed by atoms with Crippen molar-refractivity contribution in [2.75, 3.05) is 7.11 Å². The van der Waals surface area contributed by atoms with Gasteiger partial charge >= 0.3 is 5.97 Å². The van der Waals surface area contributed by atoms with Crippen molar-refractivity contribution in [3.63, 3.8) is 0 Å². The smallest absolute Gasteiger partial charge is 0.311 e. The normalized spacial score (nSPS) is 12.5. The number of benzene rings is 4. The van der Waals surface area contributed by atoms with Gasteiger partial charge in [-0.1, -0.05) is 45.8 Å². The highest BCUT2D eigenvalue weighted by Crippen LogP contribution is 2.38. The van der Waals surface area contributed by atoms with Gasteiger partial charge in [0.15, 0.2) is 11.6 Å². The number of halogens is 3. The molecule has 4 aromatic carbocycles. The van der Waals surface area contributed by atoms with E-state index in [0.29, 0.717) is 36.6 Å². The van der Waals surface area contributed by atoms with Crippen LogP contribution in [0.3, 0.4) is 0 Å². The number of aromatic nitrogens is 3. The quantitative estimate of drug-likeness (QED) is 0.0796. The molecule has 54 heavy (non-hydrogen) atoms. The van der Waals surface area contributed by atoms with E-state index in [2.05, 4.69) is 15.9 Å². The third kappa shape index (κ3) is 7.88. The number of fused-ring (bicyclic) bond motifs is 1. The van der Waals surface area contributed by atoms with Crippen molar-refractivity contribution in [2.45, 2.75) is 57.4 Å². The first kappa shape index (κ1) is 38.6. The van der Waals surface area contributed by atoms with Crippen LogP contribution in [0.25, 0.3) is 22.2 Å². The summed E-state index contributed by atoms with van der Waals surface area (Å²) in [5.41, 5.74) is 1.74. The van der Waals surface area contributed by atoms with Crippen LogP contribution in [-0.4, -0.2) is 41.5 Å². The molecular weight excluding hydrogens is 780 g/mol. The molecule has 0 N–H and O–H groups in total. The number of aryl methyl sites for hydroxylation is 1. The molecule has 13 heteroatoms. The number of carbonyl (C=O) groups is 2. The second kappa shape index (κ2) is 15.7. The van der Waals surface area contributed by atoms with E-state index in [9.17, 15) is 18.0 Å². The summed E-state index contributed by atoms with van der Waals surface area (Å²) in [6, 6.07) is 22.0. The molecule has 6 aromatic rings. The molecule has 0 bridgehead atoms. The van der Waals surface area contributed by atoms with Crippen molar-refractivity contribution in [2.24, 2.45) is 5.41 Å². The molecule has 0 aliphatic carbocycles. The largest absolute Gasteiger partial charge is 0.469 e. The van der Waals surface area contributed by atoms with Crippen LogP contribution in [0.5, 0.6) is 11.5 Å². The maximum Gasteiger partial charge on any atom is 0.311 e. The first-order valence-corrected chi connectivity index (χ1v) is 19.4. The van der Waals surface area contributed by atoms with E-state index in [1.807, 2.05) is 45.0 Å². The molecule has 0 fully saturated rings. The van der Waals surface area contributed by atoms with Crippen LogP contribution in [0.1, 0.15) is 55.8 Å². The number of aldehydes is 1. The fraction of sp³-hybridized carbons (Fsp3) is 0.244. The van der Waals surface area contributed by atoms with Crippen LogP contribution in [0, 0.1) is 24.0 Å². The van der Waals surface area contributed by atoms with Gasteiger partial charge in [-0.05, 0) is 100 Å². The molecule has 0 radical (unpaired) electrons. The van der Waals surface area contributed by atoms with Crippen molar-refractivity contribution < 1.29 is 36.3 Å². The lowest BCUT2D eigenvalue weighted by Gasteiger charge is -2.24. The summed E-state index contributed by atoms with van der Waals surface area (Å²) in [4.78, 5) is 24.1. The number of methoxy groups -OCH3 is 1. The number of ether oxygens (including phenoxy) is 2. The molecular formula is C41H38BrF2N3O6S. The molecule has 1 atom stereocenters. The molecule has 9 nitrogen and oxygen atoms in total. The van der Waals surface area contributed by atoms with Gasteiger partial charge < -0.3 is 14.3 Å². The monoisotopic (exact) mass is 817 g/mol. The lowest BCUT2D eigenvalue weighted by molar-refractivity contribution is -0.151. The molecule has 0 spiro atoms. The summed E-state index contributed by atoms with van der Waals surface area (Å²) in [5.74, 6) is -1.99. The highest BCUT2D eigenvalue weighted by molar-refractivity contribution is 9.10. The Labute approximate surface area is 320 Å². The molecule has 6 rings (SSSR count). The van der Waals surface area contributed by atoms with Crippen molar-refractivity contribution in [3.8, 4) is 22.8 Å².